The molecular weight excluding hydrogens is 188 g/mol. The molecule has 51 valence electrons. The lowest BCUT2D eigenvalue weighted by Gasteiger charge is -1.96. The van der Waals surface area contributed by atoms with Gasteiger partial charge in [0.1, 0.15) is 0 Å². The van der Waals surface area contributed by atoms with Crippen molar-refractivity contribution in [2.45, 2.75) is 12.8 Å². The molecule has 0 amide bonds. The molecule has 0 atom stereocenters. The normalized spacial score (nSPS) is 15.3. The van der Waals surface area contributed by atoms with Crippen LogP contribution < -0.4 is 0 Å². The summed E-state index contributed by atoms with van der Waals surface area (Å²) in [6, 6.07) is 6.51. The summed E-state index contributed by atoms with van der Waals surface area (Å²) in [6.45, 7) is 0. The van der Waals surface area contributed by atoms with Gasteiger partial charge in [0.15, 0.2) is 0 Å². The Morgan fingerprint density at radius 2 is 1.90 bits per heavy atom. The smallest absolute Gasteiger partial charge is 0.0178 e. The molecule has 10 heavy (non-hydrogen) atoms. The van der Waals surface area contributed by atoms with E-state index in [2.05, 4.69) is 40.5 Å². The van der Waals surface area contributed by atoms with Crippen molar-refractivity contribution in [1.29, 1.82) is 0 Å². The Balaban J connectivity index is 2.52. The maximum Gasteiger partial charge on any atom is 0.0178 e. The van der Waals surface area contributed by atoms with Gasteiger partial charge in [-0.15, -0.1) is 0 Å². The van der Waals surface area contributed by atoms with Crippen molar-refractivity contribution >= 4 is 15.9 Å². The number of fused-ring (bicyclic) bond motifs is 1. The van der Waals surface area contributed by atoms with Gasteiger partial charge in [-0.1, -0.05) is 22.0 Å². The lowest BCUT2D eigenvalue weighted by atomic mass is 10.1. The number of hydrogen-bond acceptors (Lipinski definition) is 0. The highest BCUT2D eigenvalue weighted by Gasteiger charge is 2.09. The van der Waals surface area contributed by atoms with Crippen LogP contribution in [0.5, 0.6) is 0 Å². The second-order valence-electron chi connectivity index (χ2n) is 2.61. The predicted octanol–water partition coefficient (Wildman–Crippen LogP) is 2.75. The Morgan fingerprint density at radius 3 is 2.80 bits per heavy atom. The molecule has 0 spiro atoms. The van der Waals surface area contributed by atoms with Crippen molar-refractivity contribution in [1.82, 2.24) is 0 Å². The maximum absolute atomic E-state index is 3.45. The average molecular weight is 196 g/mol. The van der Waals surface area contributed by atoms with Crippen LogP contribution in [0.3, 0.4) is 0 Å². The lowest BCUT2D eigenvalue weighted by molar-refractivity contribution is 1.17. The SMILES string of the molecule is Brc1ccc2c(c1)C[CH]C2. The van der Waals surface area contributed by atoms with Crippen LogP contribution in [0.2, 0.25) is 0 Å². The van der Waals surface area contributed by atoms with Crippen LogP contribution in [0, 0.1) is 6.42 Å². The summed E-state index contributed by atoms with van der Waals surface area (Å²) in [5.74, 6) is 0. The first-order chi connectivity index (χ1) is 4.86. The van der Waals surface area contributed by atoms with Gasteiger partial charge < -0.3 is 0 Å². The third kappa shape index (κ3) is 0.988. The van der Waals surface area contributed by atoms with Gasteiger partial charge in [0, 0.05) is 4.47 Å². The van der Waals surface area contributed by atoms with E-state index in [9.17, 15) is 0 Å². The van der Waals surface area contributed by atoms with Gasteiger partial charge in [0.2, 0.25) is 0 Å². The highest BCUT2D eigenvalue weighted by molar-refractivity contribution is 9.10. The fourth-order valence-electron chi connectivity index (χ4n) is 1.37. The van der Waals surface area contributed by atoms with Crippen LogP contribution in [0.4, 0.5) is 0 Å². The van der Waals surface area contributed by atoms with Crippen LogP contribution in [0.25, 0.3) is 0 Å². The van der Waals surface area contributed by atoms with E-state index in [1.807, 2.05) is 0 Å². The van der Waals surface area contributed by atoms with Crippen molar-refractivity contribution in [3.05, 3.63) is 40.2 Å². The van der Waals surface area contributed by atoms with Crippen LogP contribution in [0.15, 0.2) is 22.7 Å². The molecule has 0 saturated heterocycles. The highest BCUT2D eigenvalue weighted by atomic mass is 79.9. The zero-order chi connectivity index (χ0) is 6.97. The van der Waals surface area contributed by atoms with Crippen molar-refractivity contribution in [2.24, 2.45) is 0 Å². The Hall–Kier alpha value is -0.300. The van der Waals surface area contributed by atoms with E-state index >= 15 is 0 Å². The summed E-state index contributed by atoms with van der Waals surface area (Å²) in [4.78, 5) is 0. The molecule has 1 aromatic carbocycles. The Bertz CT molecular complexity index is 253. The molecule has 0 aliphatic heterocycles. The fraction of sp³-hybridized carbons (Fsp3) is 0.222. The summed E-state index contributed by atoms with van der Waals surface area (Å²) in [6.07, 6.45) is 4.62. The minimum absolute atomic E-state index is 1.15. The molecule has 1 aliphatic carbocycles. The minimum Gasteiger partial charge on any atom is -0.0576 e. The van der Waals surface area contributed by atoms with Crippen LogP contribution in [-0.4, -0.2) is 0 Å². The third-order valence-corrected chi connectivity index (χ3v) is 2.39. The monoisotopic (exact) mass is 195 g/mol. The summed E-state index contributed by atoms with van der Waals surface area (Å²) in [5, 5.41) is 0. The first-order valence-electron chi connectivity index (χ1n) is 3.45. The summed E-state index contributed by atoms with van der Waals surface area (Å²) in [7, 11) is 0. The topological polar surface area (TPSA) is 0 Å². The number of hydrogen-bond donors (Lipinski definition) is 0. The highest BCUT2D eigenvalue weighted by Crippen LogP contribution is 2.24. The molecule has 1 aromatic rings. The molecule has 1 aliphatic rings. The molecule has 0 unspecified atom stereocenters. The molecular formula is C9H8Br. The van der Waals surface area contributed by atoms with Gasteiger partial charge in [-0.05, 0) is 42.5 Å². The molecule has 0 nitrogen and oxygen atoms in total. The standard InChI is InChI=1S/C9H8Br/c10-9-5-4-7-2-1-3-8(7)6-9/h1,4-6H,2-3H2. The lowest BCUT2D eigenvalue weighted by Crippen LogP contribution is -1.79. The van der Waals surface area contributed by atoms with E-state index in [0.29, 0.717) is 0 Å². The van der Waals surface area contributed by atoms with Gasteiger partial charge >= 0.3 is 0 Å². The predicted molar refractivity (Wildman–Crippen MR) is 45.9 cm³/mol. The first-order valence-corrected chi connectivity index (χ1v) is 4.24. The zero-order valence-corrected chi connectivity index (χ0v) is 7.19. The van der Waals surface area contributed by atoms with Gasteiger partial charge in [-0.2, -0.15) is 0 Å². The molecule has 2 rings (SSSR count). The van der Waals surface area contributed by atoms with E-state index in [0.717, 1.165) is 12.8 Å². The number of halogens is 1. The zero-order valence-electron chi connectivity index (χ0n) is 5.60. The number of rotatable bonds is 0. The van der Waals surface area contributed by atoms with Crippen LogP contribution in [0.1, 0.15) is 11.1 Å². The molecule has 1 heteroatoms. The van der Waals surface area contributed by atoms with Crippen LogP contribution in [-0.2, 0) is 12.8 Å². The molecule has 0 bridgehead atoms. The molecule has 0 saturated carbocycles. The fourth-order valence-corrected chi connectivity index (χ4v) is 1.78. The molecule has 0 N–H and O–H groups in total. The molecule has 0 heterocycles. The first kappa shape index (κ1) is 6.41. The van der Waals surface area contributed by atoms with Crippen molar-refractivity contribution < 1.29 is 0 Å². The second-order valence-corrected chi connectivity index (χ2v) is 3.53. The largest absolute Gasteiger partial charge is 0.0576 e. The molecule has 1 radical (unpaired) electrons. The Morgan fingerprint density at radius 1 is 1.10 bits per heavy atom. The number of benzene rings is 1. The van der Waals surface area contributed by atoms with E-state index in [4.69, 9.17) is 0 Å². The summed E-state index contributed by atoms with van der Waals surface area (Å²) < 4.78 is 1.20. The van der Waals surface area contributed by atoms with Crippen molar-refractivity contribution in [2.75, 3.05) is 0 Å². The Labute approximate surface area is 69.4 Å². The van der Waals surface area contributed by atoms with E-state index in [1.54, 1.807) is 0 Å². The van der Waals surface area contributed by atoms with Crippen LogP contribution >= 0.6 is 15.9 Å². The van der Waals surface area contributed by atoms with Crippen molar-refractivity contribution in [3.63, 3.8) is 0 Å². The second kappa shape index (κ2) is 2.39. The summed E-state index contributed by atoms with van der Waals surface area (Å²) >= 11 is 3.45. The maximum atomic E-state index is 3.45. The third-order valence-electron chi connectivity index (χ3n) is 1.90. The van der Waals surface area contributed by atoms with Gasteiger partial charge in [-0.25, -0.2) is 0 Å². The average Bonchev–Trinajstić information content (AvgIpc) is 2.33. The quantitative estimate of drug-likeness (QED) is 0.598. The summed E-state index contributed by atoms with van der Waals surface area (Å²) in [5.41, 5.74) is 2.97. The van der Waals surface area contributed by atoms with Gasteiger partial charge in [0.25, 0.3) is 0 Å². The van der Waals surface area contributed by atoms with E-state index < -0.39 is 0 Å². The molecule has 0 fully saturated rings. The Kier molecular flexibility index (Phi) is 1.53. The van der Waals surface area contributed by atoms with E-state index in [1.165, 1.54) is 15.6 Å². The van der Waals surface area contributed by atoms with Crippen molar-refractivity contribution in [3.8, 4) is 0 Å². The van der Waals surface area contributed by atoms with Gasteiger partial charge in [-0.3, -0.25) is 0 Å². The molecule has 0 aromatic heterocycles. The van der Waals surface area contributed by atoms with E-state index in [-0.39, 0.29) is 0 Å². The minimum atomic E-state index is 1.15. The van der Waals surface area contributed by atoms with Gasteiger partial charge in [0.05, 0.1) is 0 Å².